The molecule has 0 spiro atoms. The first kappa shape index (κ1) is 11.4. The maximum atomic E-state index is 6.14. The molecule has 0 radical (unpaired) electrons. The molecule has 0 aliphatic carbocycles. The molecule has 2 rings (SSSR count). The van der Waals surface area contributed by atoms with Crippen molar-refractivity contribution in [1.82, 2.24) is 5.32 Å². The Bertz CT molecular complexity index is 320. The molecule has 2 nitrogen and oxygen atoms in total. The van der Waals surface area contributed by atoms with Gasteiger partial charge in [0.15, 0.2) is 0 Å². The zero-order valence-corrected chi connectivity index (χ0v) is 10.5. The molecule has 0 aromatic carbocycles. The molecule has 1 aromatic heterocycles. The zero-order chi connectivity index (χ0) is 10.7. The van der Waals surface area contributed by atoms with Crippen molar-refractivity contribution in [2.24, 2.45) is 0 Å². The molecule has 1 atom stereocenters. The predicted octanol–water partition coefficient (Wildman–Crippen LogP) is 2.98. The highest BCUT2D eigenvalue weighted by Gasteiger charge is 2.15. The van der Waals surface area contributed by atoms with Gasteiger partial charge in [0, 0.05) is 24.6 Å². The van der Waals surface area contributed by atoms with Gasteiger partial charge < -0.3 is 10.1 Å². The van der Waals surface area contributed by atoms with E-state index >= 15 is 0 Å². The lowest BCUT2D eigenvalue weighted by molar-refractivity contribution is 0.110. The summed E-state index contributed by atoms with van der Waals surface area (Å²) in [7, 11) is 0. The molecule has 0 bridgehead atoms. The number of aryl methyl sites for hydroxylation is 1. The number of hydrogen-bond acceptors (Lipinski definition) is 3. The van der Waals surface area contributed by atoms with E-state index in [1.165, 1.54) is 23.3 Å². The second-order valence-corrected chi connectivity index (χ2v) is 5.26. The molecule has 1 unspecified atom stereocenters. The molecule has 4 heteroatoms. The van der Waals surface area contributed by atoms with Gasteiger partial charge in [-0.05, 0) is 30.7 Å². The van der Waals surface area contributed by atoms with Gasteiger partial charge in [-0.15, -0.1) is 11.3 Å². The number of nitrogens with one attached hydrogen (secondary N) is 1. The fourth-order valence-corrected chi connectivity index (χ4v) is 2.96. The van der Waals surface area contributed by atoms with Crippen LogP contribution in [0.15, 0.2) is 5.38 Å². The van der Waals surface area contributed by atoms with E-state index in [9.17, 15) is 0 Å². The van der Waals surface area contributed by atoms with Crippen molar-refractivity contribution in [3.05, 3.63) is 20.8 Å². The lowest BCUT2D eigenvalue weighted by Crippen LogP contribution is -2.25. The van der Waals surface area contributed by atoms with Gasteiger partial charge in [0.25, 0.3) is 0 Å². The Labute approximate surface area is 99.6 Å². The van der Waals surface area contributed by atoms with E-state index < -0.39 is 0 Å². The average Bonchev–Trinajstić information content (AvgIpc) is 2.83. The van der Waals surface area contributed by atoms with Crippen LogP contribution in [0.2, 0.25) is 5.02 Å². The van der Waals surface area contributed by atoms with Crippen LogP contribution in [-0.2, 0) is 11.3 Å². The Balaban J connectivity index is 1.75. The minimum atomic E-state index is 0.407. The molecule has 84 valence electrons. The third-order valence-electron chi connectivity index (χ3n) is 2.65. The number of rotatable bonds is 4. The topological polar surface area (TPSA) is 21.3 Å². The van der Waals surface area contributed by atoms with Crippen molar-refractivity contribution in [1.29, 1.82) is 0 Å². The summed E-state index contributed by atoms with van der Waals surface area (Å²) in [6, 6.07) is 0. The highest BCUT2D eigenvalue weighted by atomic mass is 35.5. The minimum Gasteiger partial charge on any atom is -0.377 e. The van der Waals surface area contributed by atoms with Gasteiger partial charge in [0.05, 0.1) is 11.1 Å². The number of ether oxygens (including phenoxy) is 1. The van der Waals surface area contributed by atoms with Gasteiger partial charge in [-0.1, -0.05) is 11.6 Å². The molecule has 1 N–H and O–H groups in total. The van der Waals surface area contributed by atoms with E-state index in [0.29, 0.717) is 6.10 Å². The van der Waals surface area contributed by atoms with E-state index in [1.54, 1.807) is 11.3 Å². The molecule has 1 saturated heterocycles. The van der Waals surface area contributed by atoms with Crippen LogP contribution in [-0.4, -0.2) is 19.3 Å². The maximum Gasteiger partial charge on any atom is 0.0700 e. The third kappa shape index (κ3) is 2.94. The van der Waals surface area contributed by atoms with Gasteiger partial charge in [0.1, 0.15) is 0 Å². The Kier molecular flexibility index (Phi) is 4.03. The molecule has 1 aliphatic heterocycles. The van der Waals surface area contributed by atoms with Crippen LogP contribution >= 0.6 is 22.9 Å². The van der Waals surface area contributed by atoms with Gasteiger partial charge in [0.2, 0.25) is 0 Å². The summed E-state index contributed by atoms with van der Waals surface area (Å²) in [5.41, 5.74) is 1.18. The van der Waals surface area contributed by atoms with Crippen molar-refractivity contribution in [2.45, 2.75) is 32.4 Å². The van der Waals surface area contributed by atoms with Crippen molar-refractivity contribution in [2.75, 3.05) is 13.2 Å². The Morgan fingerprint density at radius 2 is 2.53 bits per heavy atom. The van der Waals surface area contributed by atoms with E-state index in [1.807, 2.05) is 6.92 Å². The van der Waals surface area contributed by atoms with Crippen LogP contribution in [0.25, 0.3) is 0 Å². The van der Waals surface area contributed by atoms with Gasteiger partial charge in [-0.2, -0.15) is 0 Å². The lowest BCUT2D eigenvalue weighted by Gasteiger charge is -2.09. The largest absolute Gasteiger partial charge is 0.377 e. The molecule has 15 heavy (non-hydrogen) atoms. The van der Waals surface area contributed by atoms with Crippen LogP contribution in [0.1, 0.15) is 23.3 Å². The minimum absolute atomic E-state index is 0.407. The number of hydrogen-bond donors (Lipinski definition) is 1. The first-order chi connectivity index (χ1) is 7.27. The summed E-state index contributed by atoms with van der Waals surface area (Å²) in [5, 5.41) is 6.42. The molecule has 1 aromatic rings. The van der Waals surface area contributed by atoms with E-state index in [0.717, 1.165) is 24.7 Å². The average molecular weight is 246 g/mol. The first-order valence-corrected chi connectivity index (χ1v) is 6.58. The summed E-state index contributed by atoms with van der Waals surface area (Å²) < 4.78 is 5.53. The fraction of sp³-hybridized carbons (Fsp3) is 0.636. The standard InChI is InChI=1S/C11H16ClNOS/c1-8-7-15-10(11(8)12)6-13-5-9-3-2-4-14-9/h7,9,13H,2-6H2,1H3. The summed E-state index contributed by atoms with van der Waals surface area (Å²) >= 11 is 7.87. The molecule has 1 fully saturated rings. The summed E-state index contributed by atoms with van der Waals surface area (Å²) in [4.78, 5) is 1.23. The molecule has 0 saturated carbocycles. The second kappa shape index (κ2) is 5.30. The lowest BCUT2D eigenvalue weighted by atomic mass is 10.2. The Morgan fingerprint density at radius 3 is 3.13 bits per heavy atom. The molecule has 1 aliphatic rings. The predicted molar refractivity (Wildman–Crippen MR) is 64.7 cm³/mol. The van der Waals surface area contributed by atoms with Crippen LogP contribution in [0.3, 0.4) is 0 Å². The van der Waals surface area contributed by atoms with E-state index in [4.69, 9.17) is 16.3 Å². The normalized spacial score (nSPS) is 21.1. The molecule has 2 heterocycles. The summed E-state index contributed by atoms with van der Waals surface area (Å²) in [6.07, 6.45) is 2.79. The van der Waals surface area contributed by atoms with Crippen LogP contribution < -0.4 is 5.32 Å². The molecular formula is C11H16ClNOS. The zero-order valence-electron chi connectivity index (χ0n) is 8.88. The highest BCUT2D eigenvalue weighted by molar-refractivity contribution is 7.10. The fourth-order valence-electron chi connectivity index (χ4n) is 1.75. The van der Waals surface area contributed by atoms with Gasteiger partial charge in [-0.25, -0.2) is 0 Å². The van der Waals surface area contributed by atoms with Crippen molar-refractivity contribution < 1.29 is 4.74 Å². The van der Waals surface area contributed by atoms with E-state index in [2.05, 4.69) is 10.7 Å². The first-order valence-electron chi connectivity index (χ1n) is 5.32. The number of halogens is 1. The van der Waals surface area contributed by atoms with E-state index in [-0.39, 0.29) is 0 Å². The SMILES string of the molecule is Cc1csc(CNCC2CCCO2)c1Cl. The summed E-state index contributed by atoms with van der Waals surface area (Å²) in [6.45, 7) is 4.76. The molecule has 0 amide bonds. The van der Waals surface area contributed by atoms with Crippen LogP contribution in [0.4, 0.5) is 0 Å². The maximum absolute atomic E-state index is 6.14. The quantitative estimate of drug-likeness (QED) is 0.881. The highest BCUT2D eigenvalue weighted by Crippen LogP contribution is 2.26. The monoisotopic (exact) mass is 245 g/mol. The van der Waals surface area contributed by atoms with Crippen molar-refractivity contribution in [3.63, 3.8) is 0 Å². The second-order valence-electron chi connectivity index (χ2n) is 3.92. The van der Waals surface area contributed by atoms with Crippen LogP contribution in [0.5, 0.6) is 0 Å². The Hall–Kier alpha value is -0.0900. The van der Waals surface area contributed by atoms with Gasteiger partial charge in [-0.3, -0.25) is 0 Å². The van der Waals surface area contributed by atoms with Gasteiger partial charge >= 0.3 is 0 Å². The van der Waals surface area contributed by atoms with Crippen molar-refractivity contribution in [3.8, 4) is 0 Å². The summed E-state index contributed by atoms with van der Waals surface area (Å²) in [5.74, 6) is 0. The Morgan fingerprint density at radius 1 is 1.67 bits per heavy atom. The smallest absolute Gasteiger partial charge is 0.0700 e. The third-order valence-corrected chi connectivity index (χ3v) is 4.39. The van der Waals surface area contributed by atoms with Crippen LogP contribution in [0, 0.1) is 6.92 Å². The number of thiophene rings is 1. The molecular weight excluding hydrogens is 230 g/mol. The van der Waals surface area contributed by atoms with Crippen molar-refractivity contribution >= 4 is 22.9 Å².